The lowest BCUT2D eigenvalue weighted by molar-refractivity contribution is -0.384. The van der Waals surface area contributed by atoms with Gasteiger partial charge in [-0.15, -0.1) is 0 Å². The van der Waals surface area contributed by atoms with Crippen LogP contribution in [0.3, 0.4) is 0 Å². The van der Waals surface area contributed by atoms with Crippen molar-refractivity contribution < 1.29 is 9.72 Å². The molecule has 3 aromatic carbocycles. The van der Waals surface area contributed by atoms with Crippen molar-refractivity contribution in [3.05, 3.63) is 105 Å². The summed E-state index contributed by atoms with van der Waals surface area (Å²) in [5.74, 6) is -0.115. The zero-order valence-electron chi connectivity index (χ0n) is 13.9. The molecule has 4 rings (SSSR count). The molecular formula is C22H15NO3. The fraction of sp³-hybridized carbons (Fsp3) is 0.0455. The number of ketones is 1. The van der Waals surface area contributed by atoms with Gasteiger partial charge >= 0.3 is 0 Å². The molecule has 4 heteroatoms. The van der Waals surface area contributed by atoms with E-state index >= 15 is 0 Å². The van der Waals surface area contributed by atoms with Gasteiger partial charge in [0.2, 0.25) is 0 Å². The molecule has 0 spiro atoms. The van der Waals surface area contributed by atoms with Crippen LogP contribution in [0.4, 0.5) is 5.69 Å². The third kappa shape index (κ3) is 2.93. The largest absolute Gasteiger partial charge is 0.289 e. The predicted molar refractivity (Wildman–Crippen MR) is 101 cm³/mol. The van der Waals surface area contributed by atoms with Gasteiger partial charge in [0, 0.05) is 17.7 Å². The number of allylic oxidation sites excluding steroid dienone is 1. The summed E-state index contributed by atoms with van der Waals surface area (Å²) in [6.45, 7) is 0. The van der Waals surface area contributed by atoms with Crippen LogP contribution in [0.5, 0.6) is 0 Å². The molecule has 1 aliphatic rings. The van der Waals surface area contributed by atoms with Crippen LogP contribution in [-0.4, -0.2) is 10.7 Å². The smallest absolute Gasteiger partial charge is 0.270 e. The normalized spacial score (nSPS) is 12.0. The Morgan fingerprint density at radius 2 is 1.73 bits per heavy atom. The van der Waals surface area contributed by atoms with Gasteiger partial charge in [0.05, 0.1) is 4.92 Å². The first kappa shape index (κ1) is 16.0. The van der Waals surface area contributed by atoms with Crippen LogP contribution in [0.15, 0.2) is 72.8 Å². The molecule has 0 amide bonds. The molecule has 0 radical (unpaired) electrons. The first-order valence-electron chi connectivity index (χ1n) is 8.30. The molecule has 0 saturated carbocycles. The second kappa shape index (κ2) is 6.41. The number of hydrogen-bond acceptors (Lipinski definition) is 3. The van der Waals surface area contributed by atoms with Gasteiger partial charge in [-0.3, -0.25) is 14.9 Å². The molecule has 1 aliphatic carbocycles. The van der Waals surface area contributed by atoms with E-state index < -0.39 is 4.92 Å². The zero-order valence-corrected chi connectivity index (χ0v) is 13.9. The summed E-state index contributed by atoms with van der Waals surface area (Å²) >= 11 is 0. The van der Waals surface area contributed by atoms with Gasteiger partial charge in [-0.2, -0.15) is 0 Å². The van der Waals surface area contributed by atoms with E-state index in [1.54, 1.807) is 18.2 Å². The van der Waals surface area contributed by atoms with Gasteiger partial charge in [-0.1, -0.05) is 54.6 Å². The van der Waals surface area contributed by atoms with E-state index in [4.69, 9.17) is 0 Å². The molecule has 4 nitrogen and oxygen atoms in total. The van der Waals surface area contributed by atoms with Crippen molar-refractivity contribution in [3.8, 4) is 11.1 Å². The zero-order chi connectivity index (χ0) is 18.1. The van der Waals surface area contributed by atoms with Crippen molar-refractivity contribution in [2.75, 3.05) is 0 Å². The molecule has 0 bridgehead atoms. The summed E-state index contributed by atoms with van der Waals surface area (Å²) in [7, 11) is 0. The van der Waals surface area contributed by atoms with Crippen LogP contribution in [0, 0.1) is 10.1 Å². The van der Waals surface area contributed by atoms with Gasteiger partial charge in [0.25, 0.3) is 5.69 Å². The Morgan fingerprint density at radius 1 is 0.923 bits per heavy atom. The van der Waals surface area contributed by atoms with Crippen molar-refractivity contribution in [2.24, 2.45) is 0 Å². The van der Waals surface area contributed by atoms with Crippen molar-refractivity contribution in [2.45, 2.75) is 6.42 Å². The Balaban J connectivity index is 1.57. The number of non-ortho nitro benzene ring substituents is 1. The Morgan fingerprint density at radius 3 is 2.58 bits per heavy atom. The van der Waals surface area contributed by atoms with Crippen LogP contribution in [-0.2, 0) is 6.42 Å². The lowest BCUT2D eigenvalue weighted by Gasteiger charge is -2.03. The third-order valence-electron chi connectivity index (χ3n) is 4.59. The van der Waals surface area contributed by atoms with E-state index in [0.717, 1.165) is 12.0 Å². The fourth-order valence-electron chi connectivity index (χ4n) is 3.31. The molecular weight excluding hydrogens is 326 g/mol. The Bertz CT molecular complexity index is 1070. The van der Waals surface area contributed by atoms with Crippen molar-refractivity contribution >= 4 is 17.5 Å². The summed E-state index contributed by atoms with van der Waals surface area (Å²) in [6.07, 6.45) is 3.90. The number of hydrogen-bond donors (Lipinski definition) is 0. The van der Waals surface area contributed by atoms with Crippen LogP contribution in [0.1, 0.15) is 27.0 Å². The molecule has 3 aromatic rings. The maximum absolute atomic E-state index is 12.5. The summed E-state index contributed by atoms with van der Waals surface area (Å²) in [5.41, 5.74) is 6.10. The highest BCUT2D eigenvalue weighted by atomic mass is 16.6. The van der Waals surface area contributed by atoms with Crippen LogP contribution >= 0.6 is 0 Å². The average Bonchev–Trinajstić information content (AvgIpc) is 3.04. The molecule has 0 aromatic heterocycles. The number of carbonyl (C=O) groups excluding carboxylic acids is 1. The number of rotatable bonds is 4. The van der Waals surface area contributed by atoms with Gasteiger partial charge in [0.1, 0.15) is 0 Å². The van der Waals surface area contributed by atoms with Crippen molar-refractivity contribution in [3.63, 3.8) is 0 Å². The van der Waals surface area contributed by atoms with Gasteiger partial charge < -0.3 is 0 Å². The summed E-state index contributed by atoms with van der Waals surface area (Å²) in [6, 6.07) is 20.2. The molecule has 0 fully saturated rings. The molecule has 0 saturated heterocycles. The summed E-state index contributed by atoms with van der Waals surface area (Å²) in [4.78, 5) is 22.9. The molecule has 26 heavy (non-hydrogen) atoms. The number of nitro groups is 1. The minimum Gasteiger partial charge on any atom is -0.289 e. The lowest BCUT2D eigenvalue weighted by Crippen LogP contribution is -1.96. The highest BCUT2D eigenvalue weighted by Gasteiger charge is 2.18. The van der Waals surface area contributed by atoms with Gasteiger partial charge in [-0.05, 0) is 46.4 Å². The Hall–Kier alpha value is -3.53. The molecule has 0 unspecified atom stereocenters. The minimum absolute atomic E-state index is 0.00916. The maximum Gasteiger partial charge on any atom is 0.270 e. The van der Waals surface area contributed by atoms with E-state index in [9.17, 15) is 14.9 Å². The van der Waals surface area contributed by atoms with E-state index in [-0.39, 0.29) is 11.5 Å². The molecule has 126 valence electrons. The quantitative estimate of drug-likeness (QED) is 0.225. The van der Waals surface area contributed by atoms with Crippen LogP contribution in [0.25, 0.3) is 17.2 Å². The first-order chi connectivity index (χ1) is 12.6. The topological polar surface area (TPSA) is 60.2 Å². The van der Waals surface area contributed by atoms with E-state index in [1.807, 2.05) is 30.3 Å². The fourth-order valence-corrected chi connectivity index (χ4v) is 3.31. The monoisotopic (exact) mass is 341 g/mol. The number of benzene rings is 3. The number of nitrogens with zero attached hydrogens (tertiary/aromatic N) is 1. The van der Waals surface area contributed by atoms with Gasteiger partial charge in [-0.25, -0.2) is 0 Å². The predicted octanol–water partition coefficient (Wildman–Crippen LogP) is 5.06. The SMILES string of the molecule is O=C(C=Cc1cccc([N+](=O)[O-])c1)c1ccc2c(c1)Cc1ccccc1-2. The van der Waals surface area contributed by atoms with Crippen LogP contribution in [0.2, 0.25) is 0 Å². The van der Waals surface area contributed by atoms with Crippen molar-refractivity contribution in [1.82, 2.24) is 0 Å². The summed E-state index contributed by atoms with van der Waals surface area (Å²) in [5, 5.41) is 10.8. The number of fused-ring (bicyclic) bond motifs is 3. The molecule has 0 aliphatic heterocycles. The highest BCUT2D eigenvalue weighted by Crippen LogP contribution is 2.36. The second-order valence-electron chi connectivity index (χ2n) is 6.26. The number of carbonyl (C=O) groups is 1. The highest BCUT2D eigenvalue weighted by molar-refractivity contribution is 6.07. The first-order valence-corrected chi connectivity index (χ1v) is 8.30. The van der Waals surface area contributed by atoms with E-state index in [2.05, 4.69) is 12.1 Å². The molecule has 0 N–H and O–H groups in total. The standard InChI is InChI=1S/C22H15NO3/c24-22(11-8-15-4-3-6-19(12-15)23(25)26)17-9-10-21-18(14-17)13-16-5-1-2-7-20(16)21/h1-12,14H,13H2. The Kier molecular flexibility index (Phi) is 3.93. The average molecular weight is 341 g/mol. The minimum atomic E-state index is -0.447. The van der Waals surface area contributed by atoms with Gasteiger partial charge in [0.15, 0.2) is 5.78 Å². The van der Waals surface area contributed by atoms with Crippen LogP contribution < -0.4 is 0 Å². The molecule has 0 atom stereocenters. The van der Waals surface area contributed by atoms with E-state index in [1.165, 1.54) is 34.9 Å². The maximum atomic E-state index is 12.5. The van der Waals surface area contributed by atoms with E-state index in [0.29, 0.717) is 11.1 Å². The third-order valence-corrected chi connectivity index (χ3v) is 4.59. The lowest BCUT2D eigenvalue weighted by atomic mass is 10.0. The number of nitro benzene ring substituents is 1. The second-order valence-corrected chi connectivity index (χ2v) is 6.26. The Labute approximate surface area is 150 Å². The summed E-state index contributed by atoms with van der Waals surface area (Å²) < 4.78 is 0. The van der Waals surface area contributed by atoms with Crippen molar-refractivity contribution in [1.29, 1.82) is 0 Å². The molecule has 0 heterocycles.